The molecule has 0 radical (unpaired) electrons. The predicted molar refractivity (Wildman–Crippen MR) is 118 cm³/mol. The van der Waals surface area contributed by atoms with E-state index in [9.17, 15) is 0 Å². The third kappa shape index (κ3) is 21.3. The zero-order valence-electron chi connectivity index (χ0n) is 19.8. The normalized spacial score (nSPS) is 12.6. The van der Waals surface area contributed by atoms with Gasteiger partial charge in [0, 0.05) is 40.3 Å². The van der Waals surface area contributed by atoms with E-state index in [1.807, 2.05) is 13.8 Å². The fourth-order valence-corrected chi connectivity index (χ4v) is 2.58. The van der Waals surface area contributed by atoms with Crippen molar-refractivity contribution in [2.75, 3.05) is 26.4 Å². The predicted octanol–water partition coefficient (Wildman–Crippen LogP) is 5.17. The van der Waals surface area contributed by atoms with Crippen molar-refractivity contribution in [3.8, 4) is 0 Å². The Labute approximate surface area is 191 Å². The third-order valence-corrected chi connectivity index (χ3v) is 5.77. The van der Waals surface area contributed by atoms with Crippen LogP contribution in [0.2, 0.25) is 0 Å². The van der Waals surface area contributed by atoms with E-state index in [2.05, 4.69) is 27.7 Å². The van der Waals surface area contributed by atoms with Gasteiger partial charge in [0.25, 0.3) is 0 Å². The minimum absolute atomic E-state index is 0. The summed E-state index contributed by atoms with van der Waals surface area (Å²) in [5, 5.41) is 35.1. The summed E-state index contributed by atoms with van der Waals surface area (Å²) < 4.78 is 0. The van der Waals surface area contributed by atoms with Crippen molar-refractivity contribution in [2.24, 2.45) is 17.3 Å². The number of hydrogen-bond acceptors (Lipinski definition) is 4. The zero-order valence-corrected chi connectivity index (χ0v) is 21.4. The summed E-state index contributed by atoms with van der Waals surface area (Å²) in [5.41, 5.74) is -0.222. The molecule has 0 aromatic carbocycles. The fraction of sp³-hybridized carbons (Fsp3) is 1.00. The third-order valence-electron chi connectivity index (χ3n) is 5.77. The standard InChI is InChI=1S/2C8H18O.C7H16O2.Ti/c2*1-3-5-6-8(4-2)7-9;1-3-7(4-2,5-8)6-9;/h2*8-9H,3-7H2,1-2H3;8-9H,3-6H2,1-2H3;. The van der Waals surface area contributed by atoms with Gasteiger partial charge in [0.15, 0.2) is 0 Å². The van der Waals surface area contributed by atoms with Gasteiger partial charge in [-0.05, 0) is 37.5 Å². The van der Waals surface area contributed by atoms with E-state index in [0.717, 1.165) is 25.7 Å². The molecule has 0 saturated heterocycles. The molecule has 4 N–H and O–H groups in total. The first-order valence-corrected chi connectivity index (χ1v) is 11.4. The molecular formula is C23H52O4Ti. The van der Waals surface area contributed by atoms with Crippen LogP contribution in [-0.4, -0.2) is 46.9 Å². The van der Waals surface area contributed by atoms with Crippen LogP contribution in [0.25, 0.3) is 0 Å². The number of unbranched alkanes of at least 4 members (excludes halogenated alkanes) is 2. The molecule has 0 amide bonds. The maximum absolute atomic E-state index is 8.82. The Balaban J connectivity index is -0.000000152. The van der Waals surface area contributed by atoms with Crippen LogP contribution in [0.5, 0.6) is 0 Å². The second-order valence-corrected chi connectivity index (χ2v) is 7.72. The summed E-state index contributed by atoms with van der Waals surface area (Å²) in [6.45, 7) is 13.5. The molecule has 0 aliphatic heterocycles. The van der Waals surface area contributed by atoms with Gasteiger partial charge in [-0.2, -0.15) is 0 Å². The summed E-state index contributed by atoms with van der Waals surface area (Å²) in [6.07, 6.45) is 11.3. The Bertz CT molecular complexity index is 219. The van der Waals surface area contributed by atoms with Gasteiger partial charge in [-0.25, -0.2) is 0 Å². The molecule has 0 heterocycles. The molecule has 2 atom stereocenters. The quantitative estimate of drug-likeness (QED) is 0.281. The molecule has 28 heavy (non-hydrogen) atoms. The molecule has 0 saturated carbocycles. The van der Waals surface area contributed by atoms with Crippen LogP contribution in [-0.2, 0) is 21.7 Å². The first-order valence-electron chi connectivity index (χ1n) is 11.4. The number of hydrogen-bond donors (Lipinski definition) is 4. The van der Waals surface area contributed by atoms with Crippen LogP contribution < -0.4 is 0 Å². The SMILES string of the molecule is CCC(CC)(CO)CO.CCCCC(CC)CO.CCCCC(CC)CO.[Ti]. The van der Waals surface area contributed by atoms with Crippen molar-refractivity contribution in [1.29, 1.82) is 0 Å². The van der Waals surface area contributed by atoms with Crippen molar-refractivity contribution in [2.45, 2.75) is 106 Å². The molecule has 172 valence electrons. The Morgan fingerprint density at radius 3 is 1.04 bits per heavy atom. The van der Waals surface area contributed by atoms with Gasteiger partial charge in [-0.15, -0.1) is 0 Å². The summed E-state index contributed by atoms with van der Waals surface area (Å²) in [5.74, 6) is 1.12. The van der Waals surface area contributed by atoms with Crippen LogP contribution in [0.3, 0.4) is 0 Å². The molecule has 0 aromatic rings. The summed E-state index contributed by atoms with van der Waals surface area (Å²) in [7, 11) is 0. The van der Waals surface area contributed by atoms with Crippen molar-refractivity contribution in [1.82, 2.24) is 0 Å². The zero-order chi connectivity index (χ0) is 21.6. The smallest absolute Gasteiger partial charge is 0.0509 e. The summed E-state index contributed by atoms with van der Waals surface area (Å²) in [6, 6.07) is 0. The first-order chi connectivity index (χ1) is 12.9. The second-order valence-electron chi connectivity index (χ2n) is 7.72. The van der Waals surface area contributed by atoms with Gasteiger partial charge in [-0.1, -0.05) is 80.1 Å². The van der Waals surface area contributed by atoms with Crippen LogP contribution in [0.15, 0.2) is 0 Å². The molecule has 0 aromatic heterocycles. The molecule has 4 nitrogen and oxygen atoms in total. The molecule has 0 rings (SSSR count). The minimum atomic E-state index is -0.222. The average Bonchev–Trinajstić information content (AvgIpc) is 2.73. The second kappa shape index (κ2) is 27.6. The average molecular weight is 441 g/mol. The Morgan fingerprint density at radius 1 is 0.607 bits per heavy atom. The van der Waals surface area contributed by atoms with Crippen molar-refractivity contribution < 1.29 is 42.1 Å². The number of aliphatic hydroxyl groups excluding tert-OH is 4. The molecule has 5 heteroatoms. The molecule has 0 aliphatic carbocycles. The molecule has 0 spiro atoms. The van der Waals surface area contributed by atoms with Gasteiger partial charge in [-0.3, -0.25) is 0 Å². The molecule has 0 aliphatic rings. The van der Waals surface area contributed by atoms with E-state index in [1.165, 1.54) is 38.5 Å². The molecular weight excluding hydrogens is 388 g/mol. The maximum Gasteiger partial charge on any atom is 0.0509 e. The first kappa shape index (κ1) is 36.0. The Kier molecular flexibility index (Phi) is 35.4. The van der Waals surface area contributed by atoms with E-state index in [1.54, 1.807) is 0 Å². The monoisotopic (exact) mass is 440 g/mol. The van der Waals surface area contributed by atoms with E-state index in [0.29, 0.717) is 25.0 Å². The number of rotatable bonds is 14. The van der Waals surface area contributed by atoms with Crippen LogP contribution >= 0.6 is 0 Å². The van der Waals surface area contributed by atoms with E-state index < -0.39 is 0 Å². The molecule has 2 unspecified atom stereocenters. The van der Waals surface area contributed by atoms with Crippen LogP contribution in [0.1, 0.15) is 106 Å². The van der Waals surface area contributed by atoms with Crippen molar-refractivity contribution in [3.05, 3.63) is 0 Å². The van der Waals surface area contributed by atoms with Crippen LogP contribution in [0, 0.1) is 17.3 Å². The van der Waals surface area contributed by atoms with Gasteiger partial charge >= 0.3 is 0 Å². The fourth-order valence-electron chi connectivity index (χ4n) is 2.58. The van der Waals surface area contributed by atoms with Crippen LogP contribution in [0.4, 0.5) is 0 Å². The van der Waals surface area contributed by atoms with Crippen molar-refractivity contribution in [3.63, 3.8) is 0 Å². The maximum atomic E-state index is 8.82. The summed E-state index contributed by atoms with van der Waals surface area (Å²) in [4.78, 5) is 0. The van der Waals surface area contributed by atoms with Gasteiger partial charge in [0.1, 0.15) is 0 Å². The minimum Gasteiger partial charge on any atom is -0.396 e. The van der Waals surface area contributed by atoms with E-state index in [-0.39, 0.29) is 40.3 Å². The Morgan fingerprint density at radius 2 is 0.929 bits per heavy atom. The van der Waals surface area contributed by atoms with Gasteiger partial charge < -0.3 is 20.4 Å². The number of aliphatic hydroxyl groups is 4. The summed E-state index contributed by atoms with van der Waals surface area (Å²) >= 11 is 0. The van der Waals surface area contributed by atoms with Gasteiger partial charge in [0.05, 0.1) is 13.2 Å². The Hall–Kier alpha value is 0.554. The van der Waals surface area contributed by atoms with Gasteiger partial charge in [0.2, 0.25) is 0 Å². The van der Waals surface area contributed by atoms with E-state index in [4.69, 9.17) is 20.4 Å². The topological polar surface area (TPSA) is 80.9 Å². The molecule has 0 bridgehead atoms. The van der Waals surface area contributed by atoms with Crippen molar-refractivity contribution >= 4 is 0 Å². The molecule has 0 fully saturated rings. The van der Waals surface area contributed by atoms with E-state index >= 15 is 0 Å². The largest absolute Gasteiger partial charge is 0.396 e.